The molecule has 8 nitrogen and oxygen atoms in total. The van der Waals surface area contributed by atoms with Crippen molar-refractivity contribution in [3.05, 3.63) is 10.4 Å². The van der Waals surface area contributed by atoms with E-state index >= 15 is 0 Å². The van der Waals surface area contributed by atoms with Gasteiger partial charge < -0.3 is 15.2 Å². The Labute approximate surface area is 92.2 Å². The van der Waals surface area contributed by atoms with Gasteiger partial charge in [0.25, 0.3) is 0 Å². The van der Waals surface area contributed by atoms with Crippen LogP contribution in [0.15, 0.2) is 5.11 Å². The van der Waals surface area contributed by atoms with Crippen LogP contribution in [0, 0.1) is 0 Å². The summed E-state index contributed by atoms with van der Waals surface area (Å²) in [6.45, 7) is 4.71. The second-order valence-corrected chi connectivity index (χ2v) is 3.94. The second-order valence-electron chi connectivity index (χ2n) is 3.94. The normalized spacial score (nSPS) is 12.2. The third-order valence-electron chi connectivity index (χ3n) is 1.31. The van der Waals surface area contributed by atoms with E-state index in [4.69, 9.17) is 15.4 Å². The van der Waals surface area contributed by atoms with Crippen LogP contribution in [0.5, 0.6) is 0 Å². The van der Waals surface area contributed by atoms with Gasteiger partial charge in [-0.1, -0.05) is 5.11 Å². The van der Waals surface area contributed by atoms with Crippen molar-refractivity contribution in [2.45, 2.75) is 32.4 Å². The van der Waals surface area contributed by atoms with Gasteiger partial charge in [0.1, 0.15) is 5.60 Å². The Hall–Kier alpha value is -1.95. The Morgan fingerprint density at radius 3 is 2.50 bits per heavy atom. The molecule has 0 rings (SSSR count). The zero-order chi connectivity index (χ0) is 12.8. The lowest BCUT2D eigenvalue weighted by Gasteiger charge is -2.20. The molecule has 8 heteroatoms. The van der Waals surface area contributed by atoms with Gasteiger partial charge in [-0.3, -0.25) is 4.79 Å². The zero-order valence-electron chi connectivity index (χ0n) is 9.30. The maximum absolute atomic E-state index is 11.1. The monoisotopic (exact) mass is 230 g/mol. The van der Waals surface area contributed by atoms with Gasteiger partial charge in [-0.25, -0.2) is 4.79 Å². The van der Waals surface area contributed by atoms with E-state index in [1.165, 1.54) is 0 Å². The maximum atomic E-state index is 11.1. The standard InChI is InChI=1S/C8H14N4O4/c1-8(2,3)16-7(15)10-4-5(6(13)14)11-12-9/h5H,4H2,1-3H3,(H,10,15)(H,13,14)/t5-/m0/s1. The number of azide groups is 1. The van der Waals surface area contributed by atoms with Crippen LogP contribution in [0.4, 0.5) is 4.79 Å². The fourth-order valence-electron chi connectivity index (χ4n) is 0.734. The van der Waals surface area contributed by atoms with E-state index in [0.29, 0.717) is 0 Å². The molecule has 0 bridgehead atoms. The number of aliphatic carboxylic acids is 1. The Bertz CT molecular complexity index is 314. The van der Waals surface area contributed by atoms with Gasteiger partial charge in [-0.2, -0.15) is 0 Å². The largest absolute Gasteiger partial charge is 0.481 e. The molecule has 1 amide bonds. The van der Waals surface area contributed by atoms with Crippen LogP contribution in [-0.2, 0) is 9.53 Å². The van der Waals surface area contributed by atoms with E-state index in [9.17, 15) is 9.59 Å². The summed E-state index contributed by atoms with van der Waals surface area (Å²) in [7, 11) is 0. The number of amides is 1. The van der Waals surface area contributed by atoms with E-state index in [0.717, 1.165) is 0 Å². The van der Waals surface area contributed by atoms with Crippen molar-refractivity contribution < 1.29 is 19.4 Å². The first-order valence-corrected chi connectivity index (χ1v) is 4.50. The average molecular weight is 230 g/mol. The van der Waals surface area contributed by atoms with Gasteiger partial charge in [0, 0.05) is 11.5 Å². The van der Waals surface area contributed by atoms with E-state index in [1.54, 1.807) is 20.8 Å². The molecule has 0 aromatic heterocycles. The molecule has 0 aliphatic carbocycles. The molecule has 0 spiro atoms. The van der Waals surface area contributed by atoms with Gasteiger partial charge in [-0.15, -0.1) is 0 Å². The van der Waals surface area contributed by atoms with Crippen molar-refractivity contribution >= 4 is 12.1 Å². The van der Waals surface area contributed by atoms with E-state index < -0.39 is 23.7 Å². The van der Waals surface area contributed by atoms with Crippen molar-refractivity contribution in [1.29, 1.82) is 0 Å². The lowest BCUT2D eigenvalue weighted by atomic mass is 10.2. The smallest absolute Gasteiger partial charge is 0.407 e. The summed E-state index contributed by atoms with van der Waals surface area (Å²) in [5, 5.41) is 13.8. The molecular formula is C8H14N4O4. The second kappa shape index (κ2) is 5.82. The number of alkyl carbamates (subject to hydrolysis) is 1. The summed E-state index contributed by atoms with van der Waals surface area (Å²) in [6.07, 6.45) is -0.758. The van der Waals surface area contributed by atoms with Crippen molar-refractivity contribution in [1.82, 2.24) is 5.32 Å². The number of rotatable bonds is 4. The summed E-state index contributed by atoms with van der Waals surface area (Å²) in [6, 6.07) is -1.34. The van der Waals surface area contributed by atoms with Gasteiger partial charge in [0.05, 0.1) is 0 Å². The molecule has 0 radical (unpaired) electrons. The molecular weight excluding hydrogens is 216 g/mol. The van der Waals surface area contributed by atoms with Gasteiger partial charge in [-0.05, 0) is 26.3 Å². The van der Waals surface area contributed by atoms with Gasteiger partial charge in [0.15, 0.2) is 6.04 Å². The van der Waals surface area contributed by atoms with Crippen LogP contribution in [-0.4, -0.2) is 35.4 Å². The number of hydrogen-bond donors (Lipinski definition) is 2. The Morgan fingerprint density at radius 2 is 2.12 bits per heavy atom. The molecule has 0 saturated carbocycles. The van der Waals surface area contributed by atoms with Crippen LogP contribution in [0.25, 0.3) is 10.4 Å². The number of nitrogens with zero attached hydrogens (tertiary/aromatic N) is 3. The summed E-state index contributed by atoms with van der Waals surface area (Å²) in [5.41, 5.74) is 7.42. The molecule has 0 aromatic carbocycles. The van der Waals surface area contributed by atoms with Crippen LogP contribution in [0.1, 0.15) is 20.8 Å². The molecule has 2 N–H and O–H groups in total. The van der Waals surface area contributed by atoms with Crippen LogP contribution in [0.2, 0.25) is 0 Å². The fourth-order valence-corrected chi connectivity index (χ4v) is 0.734. The Morgan fingerprint density at radius 1 is 1.56 bits per heavy atom. The molecule has 1 atom stereocenters. The number of hydrogen-bond acceptors (Lipinski definition) is 4. The minimum Gasteiger partial charge on any atom is -0.481 e. The van der Waals surface area contributed by atoms with E-state index in [2.05, 4.69) is 15.3 Å². The SMILES string of the molecule is CC(C)(C)OC(=O)NC[C@H](N=[N+]=[N-])C(=O)O. The molecule has 0 aromatic rings. The molecule has 0 unspecified atom stereocenters. The number of ether oxygens (including phenoxy) is 1. The molecule has 0 aliphatic heterocycles. The molecule has 0 fully saturated rings. The molecule has 0 heterocycles. The first-order chi connectivity index (χ1) is 7.26. The highest BCUT2D eigenvalue weighted by atomic mass is 16.6. The number of carbonyl (C=O) groups is 2. The number of nitrogens with one attached hydrogen (secondary N) is 1. The van der Waals surface area contributed by atoms with Crippen LogP contribution < -0.4 is 5.32 Å². The fraction of sp³-hybridized carbons (Fsp3) is 0.750. The average Bonchev–Trinajstić information content (AvgIpc) is 2.08. The summed E-state index contributed by atoms with van der Waals surface area (Å²) in [4.78, 5) is 24.0. The van der Waals surface area contributed by atoms with Crippen molar-refractivity contribution in [3.8, 4) is 0 Å². The highest BCUT2D eigenvalue weighted by molar-refractivity contribution is 5.75. The van der Waals surface area contributed by atoms with Crippen LogP contribution in [0.3, 0.4) is 0 Å². The van der Waals surface area contributed by atoms with Crippen molar-refractivity contribution in [3.63, 3.8) is 0 Å². The number of carboxylic acids is 1. The zero-order valence-corrected chi connectivity index (χ0v) is 9.30. The molecule has 0 aliphatic rings. The molecule has 0 saturated heterocycles. The summed E-state index contributed by atoms with van der Waals surface area (Å²) >= 11 is 0. The first-order valence-electron chi connectivity index (χ1n) is 4.50. The summed E-state index contributed by atoms with van der Waals surface area (Å²) < 4.78 is 4.87. The third kappa shape index (κ3) is 6.50. The highest BCUT2D eigenvalue weighted by Gasteiger charge is 2.19. The third-order valence-corrected chi connectivity index (χ3v) is 1.31. The minimum atomic E-state index is -1.34. The lowest BCUT2D eigenvalue weighted by Crippen LogP contribution is -2.38. The van der Waals surface area contributed by atoms with E-state index in [-0.39, 0.29) is 6.54 Å². The first kappa shape index (κ1) is 14.1. The Kier molecular flexibility index (Phi) is 5.11. The predicted molar refractivity (Wildman–Crippen MR) is 54.8 cm³/mol. The molecule has 16 heavy (non-hydrogen) atoms. The van der Waals surface area contributed by atoms with Crippen molar-refractivity contribution in [2.24, 2.45) is 5.11 Å². The quantitative estimate of drug-likeness (QED) is 0.428. The Balaban J connectivity index is 4.17. The summed E-state index contributed by atoms with van der Waals surface area (Å²) in [5.74, 6) is -1.31. The molecule has 90 valence electrons. The van der Waals surface area contributed by atoms with Crippen LogP contribution >= 0.6 is 0 Å². The topological polar surface area (TPSA) is 124 Å². The van der Waals surface area contributed by atoms with E-state index in [1.807, 2.05) is 0 Å². The minimum absolute atomic E-state index is 0.311. The van der Waals surface area contributed by atoms with Gasteiger partial charge >= 0.3 is 12.1 Å². The maximum Gasteiger partial charge on any atom is 0.407 e. The van der Waals surface area contributed by atoms with Crippen molar-refractivity contribution in [2.75, 3.05) is 6.54 Å². The number of carbonyl (C=O) groups excluding carboxylic acids is 1. The highest BCUT2D eigenvalue weighted by Crippen LogP contribution is 2.06. The number of carboxylic acid groups (broad SMARTS) is 1. The van der Waals surface area contributed by atoms with Gasteiger partial charge in [0.2, 0.25) is 0 Å². The lowest BCUT2D eigenvalue weighted by molar-refractivity contribution is -0.138. The predicted octanol–water partition coefficient (Wildman–Crippen LogP) is 1.27.